The van der Waals surface area contributed by atoms with Gasteiger partial charge in [-0.2, -0.15) is 0 Å². The van der Waals surface area contributed by atoms with E-state index in [2.05, 4.69) is 45.9 Å². The summed E-state index contributed by atoms with van der Waals surface area (Å²) in [4.78, 5) is 0. The van der Waals surface area contributed by atoms with Crippen molar-refractivity contribution in [3.05, 3.63) is 0 Å². The van der Waals surface area contributed by atoms with Crippen molar-refractivity contribution in [1.29, 1.82) is 0 Å². The zero-order chi connectivity index (χ0) is 11.2. The second-order valence-electron chi connectivity index (χ2n) is 2.59. The summed E-state index contributed by atoms with van der Waals surface area (Å²) in [6, 6.07) is 0. The Morgan fingerprint density at radius 1 is 0.875 bits per heavy atom. The Labute approximate surface area is 189 Å². The van der Waals surface area contributed by atoms with Crippen molar-refractivity contribution in [2.75, 3.05) is 13.7 Å². The molecule has 0 rings (SSSR count). The molecule has 1 unspecified atom stereocenters. The topological polar surface area (TPSA) is 29.5 Å². The standard InChI is InChI=1S/C9H16O2.10CH4.2HI.V/c1-3-9(10)7-5-4-6-8-11-2;;;;;;;;;;;;;/h1,9-10H,4-8H2,2H3;10*1H4;2*1H;/q;;;;;;;;;;;;;+2/p-2. The summed E-state index contributed by atoms with van der Waals surface area (Å²) in [6.45, 7) is 0.798. The fraction of sp³-hybridized carbons (Fsp3) is 0.895. The average molecular weight is 621 g/mol. The number of unbranched alkanes of at least 4 members (excludes halogenated alkanes) is 2. The van der Waals surface area contributed by atoms with Crippen LogP contribution in [-0.4, -0.2) is 24.9 Å². The van der Waals surface area contributed by atoms with Gasteiger partial charge in [0.05, 0.1) is 0 Å². The molecule has 0 saturated carbocycles. The predicted octanol–water partition coefficient (Wildman–Crippen LogP) is 9.32. The van der Waals surface area contributed by atoms with E-state index in [0.717, 1.165) is 25.9 Å². The first-order valence-electron chi connectivity index (χ1n) is 4.28. The minimum atomic E-state index is -0.558. The van der Waals surface area contributed by atoms with Crippen molar-refractivity contribution < 1.29 is 19.3 Å². The van der Waals surface area contributed by atoms with Gasteiger partial charge in [-0.25, -0.2) is 0 Å². The second-order valence-corrected chi connectivity index (χ2v) is 14.4. The van der Waals surface area contributed by atoms with E-state index in [1.54, 1.807) is 7.11 Å². The quantitative estimate of drug-likeness (QED) is 0.182. The molecule has 5 heteroatoms. The maximum absolute atomic E-state index is 8.95. The summed E-state index contributed by atoms with van der Waals surface area (Å²) in [5.41, 5.74) is 0. The number of ether oxygens (including phenoxy) is 1. The van der Waals surface area contributed by atoms with Crippen LogP contribution in [0.2, 0.25) is 0 Å². The molecule has 0 radical (unpaired) electrons. The molecule has 0 spiro atoms. The van der Waals surface area contributed by atoms with Crippen molar-refractivity contribution in [1.82, 2.24) is 0 Å². The molecule has 2 nitrogen and oxygen atoms in total. The van der Waals surface area contributed by atoms with Gasteiger partial charge in [0.2, 0.25) is 0 Å². The molecule has 0 aromatic rings. The van der Waals surface area contributed by atoms with Crippen LogP contribution in [0.4, 0.5) is 0 Å². The average Bonchev–Trinajstić information content (AvgIpc) is 2.18. The molecule has 0 bridgehead atoms. The normalized spacial score (nSPS) is 6.29. The van der Waals surface area contributed by atoms with Crippen molar-refractivity contribution in [2.24, 2.45) is 0 Å². The van der Waals surface area contributed by atoms with Crippen molar-refractivity contribution >= 4 is 40.0 Å². The van der Waals surface area contributed by atoms with Crippen LogP contribution in [0.15, 0.2) is 0 Å². The first-order chi connectivity index (χ1) is 6.72. The number of halogens is 2. The van der Waals surface area contributed by atoms with Crippen LogP contribution >= 0.6 is 40.0 Å². The van der Waals surface area contributed by atoms with Crippen LogP contribution in [0.1, 0.15) is 99.9 Å². The zero-order valence-electron chi connectivity index (χ0n) is 8.25. The number of terminal acetylenes is 1. The van der Waals surface area contributed by atoms with E-state index in [1.807, 2.05) is 0 Å². The Morgan fingerprint density at radius 2 is 1.21 bits per heavy atom. The van der Waals surface area contributed by atoms with Gasteiger partial charge in [0.25, 0.3) is 0 Å². The van der Waals surface area contributed by atoms with E-state index in [-0.39, 0.29) is 74.3 Å². The molecule has 0 fully saturated rings. The summed E-state index contributed by atoms with van der Waals surface area (Å²) in [5, 5.41) is 8.95. The zero-order valence-corrected chi connectivity index (χ0v) is 14.0. The van der Waals surface area contributed by atoms with Gasteiger partial charge in [0.15, 0.2) is 0 Å². The van der Waals surface area contributed by atoms with E-state index < -0.39 is 6.10 Å². The summed E-state index contributed by atoms with van der Waals surface area (Å²) >= 11 is 4.74. The summed E-state index contributed by atoms with van der Waals surface area (Å²) in [5.74, 6) is 2.28. The van der Waals surface area contributed by atoms with Gasteiger partial charge >= 0.3 is 49.4 Å². The molecule has 24 heavy (non-hydrogen) atoms. The SMILES string of the molecule is C.C.C.C.C.C.C.C.C.C.C#CC(O)CCCCCOC.[I][V][I]. The van der Waals surface area contributed by atoms with Gasteiger partial charge in [0.1, 0.15) is 6.10 Å². The van der Waals surface area contributed by atoms with E-state index in [1.165, 1.54) is 0 Å². The molecule has 1 N–H and O–H groups in total. The van der Waals surface area contributed by atoms with Gasteiger partial charge in [-0.15, -0.1) is 6.42 Å². The van der Waals surface area contributed by atoms with Gasteiger partial charge in [-0.3, -0.25) is 0 Å². The Balaban J connectivity index is -0.0000000104. The van der Waals surface area contributed by atoms with Crippen LogP contribution < -0.4 is 0 Å². The first kappa shape index (κ1) is 83.9. The number of methoxy groups -OCH3 is 1. The minimum absolute atomic E-state index is 0. The molecule has 163 valence electrons. The van der Waals surface area contributed by atoms with Crippen molar-refractivity contribution in [2.45, 2.75) is 106 Å². The molecule has 0 heterocycles. The maximum atomic E-state index is 8.95. The van der Waals surface area contributed by atoms with Gasteiger partial charge in [0, 0.05) is 13.7 Å². The third-order valence-electron chi connectivity index (χ3n) is 1.52. The summed E-state index contributed by atoms with van der Waals surface area (Å²) < 4.78 is 4.87. The molecule has 0 saturated heterocycles. The predicted molar refractivity (Wildman–Crippen MR) is 141 cm³/mol. The molecular weight excluding hydrogens is 565 g/mol. The summed E-state index contributed by atoms with van der Waals surface area (Å²) in [6.07, 6.45) is 8.25. The third kappa shape index (κ3) is 108. The Morgan fingerprint density at radius 3 is 1.46 bits per heavy atom. The van der Waals surface area contributed by atoms with Crippen LogP contribution in [0.25, 0.3) is 0 Å². The van der Waals surface area contributed by atoms with Crippen LogP contribution in [0.5, 0.6) is 0 Å². The van der Waals surface area contributed by atoms with E-state index >= 15 is 0 Å². The number of rotatable bonds is 6. The second kappa shape index (κ2) is 86.5. The van der Waals surface area contributed by atoms with E-state index in [9.17, 15) is 0 Å². The van der Waals surface area contributed by atoms with E-state index in [0.29, 0.717) is 15.9 Å². The number of aliphatic hydroxyl groups is 1. The molecule has 0 aliphatic rings. The molecule has 1 atom stereocenters. The Bertz CT molecular complexity index is 144. The fourth-order valence-corrected chi connectivity index (χ4v) is 0.844. The third-order valence-corrected chi connectivity index (χ3v) is 1.52. The molecule has 0 aliphatic heterocycles. The van der Waals surface area contributed by atoms with Crippen LogP contribution in [-0.2, 0) is 14.2 Å². The van der Waals surface area contributed by atoms with Gasteiger partial charge < -0.3 is 9.84 Å². The van der Waals surface area contributed by atoms with Gasteiger partial charge in [-0.05, 0) is 19.3 Å². The van der Waals surface area contributed by atoms with Gasteiger partial charge in [-0.1, -0.05) is 86.6 Å². The first-order valence-corrected chi connectivity index (χ1v) is 13.3. The fourth-order valence-electron chi connectivity index (χ4n) is 0.844. The van der Waals surface area contributed by atoms with E-state index in [4.69, 9.17) is 16.3 Å². The molecule has 0 aliphatic carbocycles. The Hall–Kier alpha value is 1.52. The Kier molecular flexibility index (Phi) is 303. The van der Waals surface area contributed by atoms with Crippen LogP contribution in [0, 0.1) is 12.3 Å². The van der Waals surface area contributed by atoms with Crippen molar-refractivity contribution in [3.8, 4) is 12.3 Å². The molecule has 0 aromatic heterocycles. The molecular formula is C19H56I2O2V. The monoisotopic (exact) mass is 621 g/mol. The summed E-state index contributed by atoms with van der Waals surface area (Å²) in [7, 11) is 2.32. The number of hydrogen-bond donors (Lipinski definition) is 1. The van der Waals surface area contributed by atoms with Crippen LogP contribution in [0.3, 0.4) is 0 Å². The number of hydrogen-bond acceptors (Lipinski definition) is 2. The molecule has 0 aromatic carbocycles. The van der Waals surface area contributed by atoms with Crippen molar-refractivity contribution in [3.63, 3.8) is 0 Å². The number of aliphatic hydroxyl groups excluding tert-OH is 1. The molecule has 0 amide bonds.